The van der Waals surface area contributed by atoms with Crippen LogP contribution in [0.15, 0.2) is 22.7 Å². The summed E-state index contributed by atoms with van der Waals surface area (Å²) in [6, 6.07) is 5.16. The van der Waals surface area contributed by atoms with Gasteiger partial charge >= 0.3 is 5.97 Å². The summed E-state index contributed by atoms with van der Waals surface area (Å²) in [6.07, 6.45) is 5.95. The van der Waals surface area contributed by atoms with Crippen LogP contribution in [0.3, 0.4) is 0 Å². The molecule has 9 heteroatoms. The molecule has 172 valence electrons. The number of hydrogen-bond acceptors (Lipinski definition) is 6. The van der Waals surface area contributed by atoms with Crippen LogP contribution in [0.2, 0.25) is 0 Å². The maximum atomic E-state index is 12.7. The van der Waals surface area contributed by atoms with Crippen molar-refractivity contribution in [3.63, 3.8) is 0 Å². The topological polar surface area (TPSA) is 76.7 Å². The smallest absolute Gasteiger partial charge is 0.341 e. The second-order valence-electron chi connectivity index (χ2n) is 7.39. The van der Waals surface area contributed by atoms with E-state index in [1.165, 1.54) is 16.2 Å². The van der Waals surface area contributed by atoms with E-state index < -0.39 is 0 Å². The van der Waals surface area contributed by atoms with E-state index in [1.54, 1.807) is 25.1 Å². The van der Waals surface area contributed by atoms with E-state index in [-0.39, 0.29) is 17.0 Å². The third-order valence-corrected chi connectivity index (χ3v) is 7.09. The predicted octanol–water partition coefficient (Wildman–Crippen LogP) is 5.87. The average Bonchev–Trinajstić information content (AvgIpc) is 3.12. The number of benzene rings is 1. The lowest BCUT2D eigenvalue weighted by Crippen LogP contribution is -2.34. The highest BCUT2D eigenvalue weighted by molar-refractivity contribution is 9.10. The summed E-state index contributed by atoms with van der Waals surface area (Å²) in [5.74, 6) is -0.00706. The van der Waals surface area contributed by atoms with E-state index in [0.29, 0.717) is 39.6 Å². The van der Waals surface area contributed by atoms with Crippen LogP contribution in [0.25, 0.3) is 0 Å². The largest absolute Gasteiger partial charge is 0.492 e. The standard InChI is InChI=1S/C23H27BrN2O4S2/c1-3-5-12-30-17-11-10-14(13-16(17)24)20(27)25-23(31)26-21-19(22(28)29-4-2)15-8-6-7-9-18(15)32-21/h10-11,13H,3-9,12H2,1-2H3,(H2,25,26,27,31). The number of fused-ring (bicyclic) bond motifs is 1. The minimum absolute atomic E-state index is 0.138. The van der Waals surface area contributed by atoms with Crippen molar-refractivity contribution in [1.82, 2.24) is 5.32 Å². The first-order chi connectivity index (χ1) is 15.4. The van der Waals surface area contributed by atoms with Gasteiger partial charge < -0.3 is 14.8 Å². The quantitative estimate of drug-likeness (QED) is 0.248. The Morgan fingerprint density at radius 2 is 2.00 bits per heavy atom. The molecule has 1 aliphatic rings. The van der Waals surface area contributed by atoms with Gasteiger partial charge in [-0.15, -0.1) is 11.3 Å². The lowest BCUT2D eigenvalue weighted by atomic mass is 9.95. The molecule has 1 heterocycles. The first-order valence-electron chi connectivity index (χ1n) is 10.8. The number of nitrogens with one attached hydrogen (secondary N) is 2. The zero-order valence-corrected chi connectivity index (χ0v) is 21.4. The van der Waals surface area contributed by atoms with Crippen molar-refractivity contribution in [1.29, 1.82) is 0 Å². The minimum atomic E-state index is -0.355. The molecule has 0 saturated heterocycles. The van der Waals surface area contributed by atoms with Gasteiger partial charge in [-0.3, -0.25) is 10.1 Å². The van der Waals surface area contributed by atoms with Gasteiger partial charge in [-0.25, -0.2) is 4.79 Å². The number of anilines is 1. The Bertz CT molecular complexity index is 1010. The van der Waals surface area contributed by atoms with Crippen molar-refractivity contribution >= 4 is 61.5 Å². The number of thiophene rings is 1. The van der Waals surface area contributed by atoms with E-state index >= 15 is 0 Å². The second-order valence-corrected chi connectivity index (χ2v) is 9.76. The fraction of sp³-hybridized carbons (Fsp3) is 0.435. The van der Waals surface area contributed by atoms with Gasteiger partial charge in [0.1, 0.15) is 10.8 Å². The van der Waals surface area contributed by atoms with Crippen molar-refractivity contribution in [3.8, 4) is 5.75 Å². The molecule has 1 aliphatic carbocycles. The van der Waals surface area contributed by atoms with Gasteiger partial charge in [-0.1, -0.05) is 13.3 Å². The molecule has 2 aromatic rings. The van der Waals surface area contributed by atoms with Gasteiger partial charge in [0.15, 0.2) is 5.11 Å². The lowest BCUT2D eigenvalue weighted by molar-refractivity contribution is 0.0526. The van der Waals surface area contributed by atoms with Crippen LogP contribution in [0.1, 0.15) is 70.7 Å². The highest BCUT2D eigenvalue weighted by Gasteiger charge is 2.27. The molecule has 3 rings (SSSR count). The Kier molecular flexibility index (Phi) is 9.07. The van der Waals surface area contributed by atoms with E-state index in [4.69, 9.17) is 21.7 Å². The minimum Gasteiger partial charge on any atom is -0.492 e. The SMILES string of the molecule is CCCCOc1ccc(C(=O)NC(=S)Nc2sc3c(c2C(=O)OCC)CCCC3)cc1Br. The summed E-state index contributed by atoms with van der Waals surface area (Å²) in [7, 11) is 0. The van der Waals surface area contributed by atoms with Crippen LogP contribution in [0, 0.1) is 0 Å². The molecule has 0 atom stereocenters. The molecule has 0 bridgehead atoms. The van der Waals surface area contributed by atoms with E-state index in [1.807, 2.05) is 0 Å². The van der Waals surface area contributed by atoms with Crippen molar-refractivity contribution in [2.45, 2.75) is 52.4 Å². The Morgan fingerprint density at radius 3 is 2.72 bits per heavy atom. The number of esters is 1. The number of unbranched alkanes of at least 4 members (excludes halogenated alkanes) is 1. The number of carbonyl (C=O) groups is 2. The fourth-order valence-corrected chi connectivity index (χ4v) is 5.50. The molecule has 0 unspecified atom stereocenters. The Balaban J connectivity index is 1.69. The van der Waals surface area contributed by atoms with Crippen LogP contribution in [0.5, 0.6) is 5.75 Å². The molecule has 0 fully saturated rings. The summed E-state index contributed by atoms with van der Waals surface area (Å²) < 4.78 is 11.7. The average molecular weight is 540 g/mol. The third kappa shape index (κ3) is 6.08. The van der Waals surface area contributed by atoms with Crippen molar-refractivity contribution in [3.05, 3.63) is 44.2 Å². The van der Waals surface area contributed by atoms with Gasteiger partial charge in [0, 0.05) is 10.4 Å². The molecular formula is C23H27BrN2O4S2. The van der Waals surface area contributed by atoms with Gasteiger partial charge in [0.2, 0.25) is 0 Å². The Morgan fingerprint density at radius 1 is 1.22 bits per heavy atom. The number of ether oxygens (including phenoxy) is 2. The maximum absolute atomic E-state index is 12.7. The normalized spacial score (nSPS) is 12.6. The van der Waals surface area contributed by atoms with Gasteiger partial charge in [-0.05, 0) is 90.9 Å². The number of carbonyl (C=O) groups excluding carboxylic acids is 2. The molecule has 0 radical (unpaired) electrons. The summed E-state index contributed by atoms with van der Waals surface area (Å²) >= 11 is 10.3. The fourth-order valence-electron chi connectivity index (χ4n) is 3.47. The molecular weight excluding hydrogens is 512 g/mol. The summed E-state index contributed by atoms with van der Waals surface area (Å²) in [6.45, 7) is 4.82. The highest BCUT2D eigenvalue weighted by atomic mass is 79.9. The first kappa shape index (κ1) is 24.7. The number of halogens is 1. The van der Waals surface area contributed by atoms with E-state index in [0.717, 1.165) is 44.1 Å². The maximum Gasteiger partial charge on any atom is 0.341 e. The van der Waals surface area contributed by atoms with Gasteiger partial charge in [0.25, 0.3) is 5.91 Å². The van der Waals surface area contributed by atoms with Crippen LogP contribution in [0.4, 0.5) is 5.00 Å². The van der Waals surface area contributed by atoms with Gasteiger partial charge in [-0.2, -0.15) is 0 Å². The molecule has 2 N–H and O–H groups in total. The Hall–Kier alpha value is -1.97. The van der Waals surface area contributed by atoms with Crippen molar-refractivity contribution in [2.75, 3.05) is 18.5 Å². The second kappa shape index (κ2) is 11.8. The molecule has 1 amide bonds. The molecule has 0 saturated carbocycles. The van der Waals surface area contributed by atoms with Crippen molar-refractivity contribution < 1.29 is 19.1 Å². The van der Waals surface area contributed by atoms with Crippen LogP contribution >= 0.6 is 39.5 Å². The Labute approximate surface area is 206 Å². The van der Waals surface area contributed by atoms with Crippen molar-refractivity contribution in [2.24, 2.45) is 0 Å². The van der Waals surface area contributed by atoms with E-state index in [2.05, 4.69) is 33.5 Å². The number of rotatable bonds is 8. The van der Waals surface area contributed by atoms with Gasteiger partial charge in [0.05, 0.1) is 23.2 Å². The number of amides is 1. The van der Waals surface area contributed by atoms with Crippen LogP contribution in [-0.2, 0) is 17.6 Å². The number of aryl methyl sites for hydroxylation is 1. The number of thiocarbonyl (C=S) groups is 1. The molecule has 0 aliphatic heterocycles. The summed E-state index contributed by atoms with van der Waals surface area (Å²) in [5, 5.41) is 6.51. The molecule has 6 nitrogen and oxygen atoms in total. The third-order valence-electron chi connectivity index (χ3n) is 5.05. The molecule has 1 aromatic carbocycles. The lowest BCUT2D eigenvalue weighted by Gasteiger charge is -2.13. The summed E-state index contributed by atoms with van der Waals surface area (Å²) in [5.41, 5.74) is 2.03. The zero-order chi connectivity index (χ0) is 23.1. The highest BCUT2D eigenvalue weighted by Crippen LogP contribution is 2.38. The predicted molar refractivity (Wildman–Crippen MR) is 135 cm³/mol. The zero-order valence-electron chi connectivity index (χ0n) is 18.2. The first-order valence-corrected chi connectivity index (χ1v) is 12.8. The number of hydrogen-bond donors (Lipinski definition) is 2. The monoisotopic (exact) mass is 538 g/mol. The van der Waals surface area contributed by atoms with E-state index in [9.17, 15) is 9.59 Å². The molecule has 32 heavy (non-hydrogen) atoms. The summed E-state index contributed by atoms with van der Waals surface area (Å²) in [4.78, 5) is 26.5. The van der Waals surface area contributed by atoms with Crippen LogP contribution < -0.4 is 15.4 Å². The molecule has 1 aromatic heterocycles. The molecule has 0 spiro atoms. The van der Waals surface area contributed by atoms with Crippen LogP contribution in [-0.4, -0.2) is 30.2 Å².